The van der Waals surface area contributed by atoms with Crippen LogP contribution >= 0.6 is 23.2 Å². The van der Waals surface area contributed by atoms with Gasteiger partial charge < -0.3 is 4.98 Å². The quantitative estimate of drug-likeness (QED) is 0.913. The summed E-state index contributed by atoms with van der Waals surface area (Å²) in [6, 6.07) is 6.84. The van der Waals surface area contributed by atoms with Crippen molar-refractivity contribution in [1.82, 2.24) is 9.97 Å². The third-order valence-electron chi connectivity index (χ3n) is 2.96. The first-order valence-corrected chi connectivity index (χ1v) is 6.46. The van der Waals surface area contributed by atoms with Gasteiger partial charge in [0.2, 0.25) is 0 Å². The van der Waals surface area contributed by atoms with Crippen LogP contribution in [0.25, 0.3) is 11.4 Å². The second kappa shape index (κ2) is 4.41. The summed E-state index contributed by atoms with van der Waals surface area (Å²) in [5, 5.41) is 0.865. The van der Waals surface area contributed by atoms with Gasteiger partial charge in [-0.2, -0.15) is 0 Å². The van der Waals surface area contributed by atoms with E-state index in [9.17, 15) is 4.79 Å². The van der Waals surface area contributed by atoms with Crippen LogP contribution in [0.4, 0.5) is 0 Å². The van der Waals surface area contributed by atoms with Crippen molar-refractivity contribution in [2.45, 2.75) is 18.8 Å². The third kappa shape index (κ3) is 2.16. The average molecular weight is 281 g/mol. The molecule has 1 saturated carbocycles. The molecule has 1 fully saturated rings. The summed E-state index contributed by atoms with van der Waals surface area (Å²) >= 11 is 12.1. The molecule has 2 aromatic rings. The SMILES string of the molecule is O=c1cc(C2CC2)nc(-c2cccc(Cl)c2Cl)[nH]1. The normalized spacial score (nSPS) is 14.8. The number of hydrogen-bond acceptors (Lipinski definition) is 2. The van der Waals surface area contributed by atoms with E-state index in [4.69, 9.17) is 23.2 Å². The van der Waals surface area contributed by atoms with Crippen molar-refractivity contribution in [3.05, 3.63) is 50.4 Å². The molecule has 0 atom stereocenters. The smallest absolute Gasteiger partial charge is 0.251 e. The monoisotopic (exact) mass is 280 g/mol. The van der Waals surface area contributed by atoms with Crippen LogP contribution in [0.5, 0.6) is 0 Å². The van der Waals surface area contributed by atoms with E-state index >= 15 is 0 Å². The van der Waals surface area contributed by atoms with Gasteiger partial charge in [-0.25, -0.2) is 4.98 Å². The molecule has 92 valence electrons. The highest BCUT2D eigenvalue weighted by molar-refractivity contribution is 6.43. The predicted molar refractivity (Wildman–Crippen MR) is 72.3 cm³/mol. The van der Waals surface area contributed by atoms with Gasteiger partial charge in [-0.3, -0.25) is 4.79 Å². The second-order valence-electron chi connectivity index (χ2n) is 4.39. The van der Waals surface area contributed by atoms with Crippen molar-refractivity contribution in [3.8, 4) is 11.4 Å². The zero-order chi connectivity index (χ0) is 12.7. The molecule has 0 saturated heterocycles. The van der Waals surface area contributed by atoms with Crippen molar-refractivity contribution in [2.75, 3.05) is 0 Å². The standard InChI is InChI=1S/C13H10Cl2N2O/c14-9-3-1-2-8(12(9)15)13-16-10(7-4-5-7)6-11(18)17-13/h1-3,6-7H,4-5H2,(H,16,17,18). The number of aromatic nitrogens is 2. The molecule has 1 aromatic heterocycles. The Labute approximate surface area is 114 Å². The maximum absolute atomic E-state index is 11.6. The first-order valence-electron chi connectivity index (χ1n) is 5.71. The minimum atomic E-state index is -0.155. The number of nitrogens with one attached hydrogen (secondary N) is 1. The molecule has 0 spiro atoms. The molecule has 1 heterocycles. The van der Waals surface area contributed by atoms with E-state index in [-0.39, 0.29) is 5.56 Å². The Morgan fingerprint density at radius 3 is 2.78 bits per heavy atom. The molecule has 5 heteroatoms. The Morgan fingerprint density at radius 2 is 2.06 bits per heavy atom. The van der Waals surface area contributed by atoms with Crippen LogP contribution < -0.4 is 5.56 Å². The van der Waals surface area contributed by atoms with E-state index in [2.05, 4.69) is 9.97 Å². The fourth-order valence-corrected chi connectivity index (χ4v) is 2.27. The molecule has 18 heavy (non-hydrogen) atoms. The van der Waals surface area contributed by atoms with Crippen LogP contribution in [0.1, 0.15) is 24.5 Å². The summed E-state index contributed by atoms with van der Waals surface area (Å²) in [6.45, 7) is 0. The lowest BCUT2D eigenvalue weighted by molar-refractivity contribution is 0.977. The van der Waals surface area contributed by atoms with E-state index in [1.54, 1.807) is 24.3 Å². The van der Waals surface area contributed by atoms with Crippen molar-refractivity contribution in [3.63, 3.8) is 0 Å². The number of hydrogen-bond donors (Lipinski definition) is 1. The molecular formula is C13H10Cl2N2O. The molecule has 1 aliphatic carbocycles. The van der Waals surface area contributed by atoms with Gasteiger partial charge in [0, 0.05) is 17.5 Å². The highest BCUT2D eigenvalue weighted by Gasteiger charge is 2.26. The number of halogens is 2. The Bertz CT molecular complexity index is 662. The van der Waals surface area contributed by atoms with Gasteiger partial charge in [-0.15, -0.1) is 0 Å². The predicted octanol–water partition coefficient (Wildman–Crippen LogP) is 3.62. The third-order valence-corrected chi connectivity index (χ3v) is 3.78. The topological polar surface area (TPSA) is 45.8 Å². The van der Waals surface area contributed by atoms with Crippen LogP contribution in [0.2, 0.25) is 10.0 Å². The Morgan fingerprint density at radius 1 is 1.28 bits per heavy atom. The van der Waals surface area contributed by atoms with Gasteiger partial charge in [0.15, 0.2) is 0 Å². The van der Waals surface area contributed by atoms with Crippen molar-refractivity contribution < 1.29 is 0 Å². The number of aromatic amines is 1. The van der Waals surface area contributed by atoms with E-state index in [1.165, 1.54) is 0 Å². The lowest BCUT2D eigenvalue weighted by Gasteiger charge is -2.06. The van der Waals surface area contributed by atoms with Crippen molar-refractivity contribution in [2.24, 2.45) is 0 Å². The van der Waals surface area contributed by atoms with Gasteiger partial charge in [0.1, 0.15) is 5.82 Å². The highest BCUT2D eigenvalue weighted by Crippen LogP contribution is 2.39. The molecule has 3 rings (SSSR count). The lowest BCUT2D eigenvalue weighted by atomic mass is 10.2. The minimum Gasteiger partial charge on any atom is -0.306 e. The van der Waals surface area contributed by atoms with E-state index in [0.717, 1.165) is 18.5 Å². The van der Waals surface area contributed by atoms with E-state index in [1.807, 2.05) is 0 Å². The Balaban J connectivity index is 2.16. The fourth-order valence-electron chi connectivity index (χ4n) is 1.88. The molecule has 3 nitrogen and oxygen atoms in total. The van der Waals surface area contributed by atoms with Crippen LogP contribution in [0.3, 0.4) is 0 Å². The molecule has 0 amide bonds. The molecule has 0 aliphatic heterocycles. The fraction of sp³-hybridized carbons (Fsp3) is 0.231. The van der Waals surface area contributed by atoms with Gasteiger partial charge in [0.05, 0.1) is 15.7 Å². The second-order valence-corrected chi connectivity index (χ2v) is 5.18. The van der Waals surface area contributed by atoms with Crippen LogP contribution in [-0.2, 0) is 0 Å². The number of H-pyrrole nitrogens is 1. The molecule has 1 aromatic carbocycles. The maximum atomic E-state index is 11.6. The maximum Gasteiger partial charge on any atom is 0.251 e. The average Bonchev–Trinajstić information content (AvgIpc) is 3.16. The van der Waals surface area contributed by atoms with E-state index < -0.39 is 0 Å². The number of rotatable bonds is 2. The molecule has 1 N–H and O–H groups in total. The summed E-state index contributed by atoms with van der Waals surface area (Å²) in [4.78, 5) is 18.8. The molecule has 0 unspecified atom stereocenters. The largest absolute Gasteiger partial charge is 0.306 e. The molecule has 0 radical (unpaired) electrons. The van der Waals surface area contributed by atoms with Crippen molar-refractivity contribution >= 4 is 23.2 Å². The lowest BCUT2D eigenvalue weighted by Crippen LogP contribution is -2.10. The number of benzene rings is 1. The van der Waals surface area contributed by atoms with Gasteiger partial charge in [-0.05, 0) is 25.0 Å². The highest BCUT2D eigenvalue weighted by atomic mass is 35.5. The van der Waals surface area contributed by atoms with Gasteiger partial charge in [0.25, 0.3) is 5.56 Å². The first kappa shape index (κ1) is 11.8. The number of nitrogens with zero attached hydrogens (tertiary/aromatic N) is 1. The van der Waals surface area contributed by atoms with E-state index in [0.29, 0.717) is 27.4 Å². The zero-order valence-corrected chi connectivity index (χ0v) is 10.9. The zero-order valence-electron chi connectivity index (χ0n) is 9.41. The molecule has 0 bridgehead atoms. The van der Waals surface area contributed by atoms with Crippen LogP contribution in [0, 0.1) is 0 Å². The molecular weight excluding hydrogens is 271 g/mol. The summed E-state index contributed by atoms with van der Waals surface area (Å²) < 4.78 is 0. The Kier molecular flexibility index (Phi) is 2.88. The minimum absolute atomic E-state index is 0.155. The van der Waals surface area contributed by atoms with Gasteiger partial charge >= 0.3 is 0 Å². The summed E-state index contributed by atoms with van der Waals surface area (Å²) in [7, 11) is 0. The van der Waals surface area contributed by atoms with Crippen LogP contribution in [-0.4, -0.2) is 9.97 Å². The van der Waals surface area contributed by atoms with Crippen LogP contribution in [0.15, 0.2) is 29.1 Å². The summed E-state index contributed by atoms with van der Waals surface area (Å²) in [5.74, 6) is 0.904. The molecule has 1 aliphatic rings. The first-order chi connectivity index (χ1) is 8.65. The van der Waals surface area contributed by atoms with Crippen molar-refractivity contribution in [1.29, 1.82) is 0 Å². The Hall–Kier alpha value is -1.32. The van der Waals surface area contributed by atoms with Gasteiger partial charge in [-0.1, -0.05) is 29.3 Å². The summed E-state index contributed by atoms with van der Waals surface area (Å²) in [5.41, 5.74) is 1.34. The summed E-state index contributed by atoms with van der Waals surface area (Å²) in [6.07, 6.45) is 2.19.